The molecule has 0 aromatic heterocycles. The number of nitrogens with zero attached hydrogens (tertiary/aromatic N) is 1. The van der Waals surface area contributed by atoms with E-state index in [0.717, 1.165) is 122 Å². The van der Waals surface area contributed by atoms with E-state index in [2.05, 4.69) is 153 Å². The van der Waals surface area contributed by atoms with Crippen LogP contribution in [-0.4, -0.2) is 73.4 Å². The van der Waals surface area contributed by atoms with Gasteiger partial charge in [-0.1, -0.05) is 379 Å². The molecule has 0 bridgehead atoms. The topological polar surface area (TPSA) is 105 Å². The Labute approximate surface area is 583 Å². The summed E-state index contributed by atoms with van der Waals surface area (Å²) in [5.74, 6) is -0.156. The predicted molar refractivity (Wildman–Crippen MR) is 415 cm³/mol. The van der Waals surface area contributed by atoms with E-state index in [0.29, 0.717) is 23.9 Å². The van der Waals surface area contributed by atoms with Crippen LogP contribution in [0, 0.1) is 0 Å². The number of allylic oxidation sites excluding steroid dienone is 22. The van der Waals surface area contributed by atoms with Crippen LogP contribution in [0.25, 0.3) is 0 Å². The number of unbranched alkanes of at least 4 members (excludes halogenated alkanes) is 37. The Morgan fingerprint density at radius 2 is 0.638 bits per heavy atom. The highest BCUT2D eigenvalue weighted by molar-refractivity contribution is 7.47. The number of phosphoric ester groups is 1. The van der Waals surface area contributed by atoms with Gasteiger partial charge < -0.3 is 19.8 Å². The molecule has 0 aromatic rings. The van der Waals surface area contributed by atoms with Gasteiger partial charge in [0.25, 0.3) is 0 Å². The van der Waals surface area contributed by atoms with Crippen LogP contribution in [0.5, 0.6) is 0 Å². The van der Waals surface area contributed by atoms with Crippen molar-refractivity contribution < 1.29 is 32.9 Å². The van der Waals surface area contributed by atoms with Gasteiger partial charge in [-0.15, -0.1) is 0 Å². The first-order valence-corrected chi connectivity index (χ1v) is 41.0. The molecule has 0 saturated carbocycles. The molecular weight excluding hydrogens is 1180 g/mol. The molecule has 0 rings (SSSR count). The van der Waals surface area contributed by atoms with Gasteiger partial charge in [-0.3, -0.25) is 13.8 Å². The lowest BCUT2D eigenvalue weighted by Crippen LogP contribution is -2.46. The van der Waals surface area contributed by atoms with E-state index >= 15 is 0 Å². The summed E-state index contributed by atoms with van der Waals surface area (Å²) in [6.45, 7) is 4.79. The van der Waals surface area contributed by atoms with E-state index in [1.807, 2.05) is 21.1 Å². The number of aliphatic hydroxyl groups excluding tert-OH is 1. The SMILES string of the molecule is CC/C=C\C/C=C\C/C=C\C/C=C\C/C=C\C/C=C\C/C=C\C/C=C\C/C=C\C/C=C\C/C=C\CCCCCCCCCC(=O)NC(COP(=O)(O)OCC[N+](C)(C)C)C(O)CCCCCCCCCCCCCCCCCCCCCCCCCCCCCCCCC. The average Bonchev–Trinajstić information content (AvgIpc) is 1.77. The van der Waals surface area contributed by atoms with Gasteiger partial charge in [0.2, 0.25) is 5.91 Å². The summed E-state index contributed by atoms with van der Waals surface area (Å²) in [6.07, 6.45) is 112. The third-order valence-electron chi connectivity index (χ3n) is 17.4. The third kappa shape index (κ3) is 76.0. The molecule has 0 spiro atoms. The van der Waals surface area contributed by atoms with Crippen molar-refractivity contribution in [2.45, 2.75) is 360 Å². The van der Waals surface area contributed by atoms with Gasteiger partial charge in [-0.05, 0) is 96.3 Å². The minimum absolute atomic E-state index is 0.0668. The molecule has 0 heterocycles. The molecule has 94 heavy (non-hydrogen) atoms. The van der Waals surface area contributed by atoms with E-state index < -0.39 is 20.0 Å². The maximum Gasteiger partial charge on any atom is 0.472 e. The Kier molecular flexibility index (Phi) is 71.2. The minimum Gasteiger partial charge on any atom is -0.391 e. The monoisotopic (exact) mass is 1330 g/mol. The normalized spacial score (nSPS) is 14.2. The van der Waals surface area contributed by atoms with Crippen molar-refractivity contribution in [3.63, 3.8) is 0 Å². The molecule has 0 aliphatic rings. The van der Waals surface area contributed by atoms with E-state index in [-0.39, 0.29) is 19.1 Å². The van der Waals surface area contributed by atoms with Crippen LogP contribution in [0.15, 0.2) is 134 Å². The molecule has 1 amide bonds. The van der Waals surface area contributed by atoms with Gasteiger partial charge in [0, 0.05) is 6.42 Å². The predicted octanol–water partition coefficient (Wildman–Crippen LogP) is 26.1. The summed E-state index contributed by atoms with van der Waals surface area (Å²) < 4.78 is 23.9. The number of carbonyl (C=O) groups excluding carboxylic acids is 1. The Morgan fingerprint density at radius 1 is 0.372 bits per heavy atom. The van der Waals surface area contributed by atoms with Crippen LogP contribution >= 0.6 is 7.82 Å². The summed E-state index contributed by atoms with van der Waals surface area (Å²) in [7, 11) is 1.60. The molecule has 0 aromatic carbocycles. The first-order chi connectivity index (χ1) is 46.0. The number of hydrogen-bond donors (Lipinski definition) is 3. The number of aliphatic hydroxyl groups is 1. The second-order valence-corrected chi connectivity index (χ2v) is 29.2. The van der Waals surface area contributed by atoms with Crippen LogP contribution in [0.4, 0.5) is 0 Å². The highest BCUT2D eigenvalue weighted by Crippen LogP contribution is 2.43. The average molecular weight is 1330 g/mol. The third-order valence-corrected chi connectivity index (χ3v) is 18.4. The molecule has 0 radical (unpaired) electrons. The fourth-order valence-electron chi connectivity index (χ4n) is 11.4. The van der Waals surface area contributed by atoms with Gasteiger partial charge in [0.1, 0.15) is 13.2 Å². The van der Waals surface area contributed by atoms with Crippen molar-refractivity contribution in [2.75, 3.05) is 40.9 Å². The van der Waals surface area contributed by atoms with Crippen molar-refractivity contribution in [1.29, 1.82) is 0 Å². The summed E-state index contributed by atoms with van der Waals surface area (Å²) in [5, 5.41) is 14.2. The zero-order valence-corrected chi connectivity index (χ0v) is 63.1. The van der Waals surface area contributed by atoms with Crippen LogP contribution in [-0.2, 0) is 18.4 Å². The minimum atomic E-state index is -4.35. The van der Waals surface area contributed by atoms with Gasteiger partial charge >= 0.3 is 7.82 Å². The number of rotatable bonds is 72. The van der Waals surface area contributed by atoms with Crippen molar-refractivity contribution in [3.05, 3.63) is 134 Å². The molecule has 3 unspecified atom stereocenters. The van der Waals surface area contributed by atoms with Crippen molar-refractivity contribution in [1.82, 2.24) is 5.32 Å². The zero-order valence-electron chi connectivity index (χ0n) is 62.2. The number of nitrogens with one attached hydrogen (secondary N) is 1. The Hall–Kier alpha value is -3.36. The molecule has 8 nitrogen and oxygen atoms in total. The van der Waals surface area contributed by atoms with Crippen LogP contribution in [0.3, 0.4) is 0 Å². The lowest BCUT2D eigenvalue weighted by molar-refractivity contribution is -0.870. The van der Waals surface area contributed by atoms with E-state index in [9.17, 15) is 19.4 Å². The van der Waals surface area contributed by atoms with Crippen LogP contribution < -0.4 is 5.32 Å². The number of amides is 1. The van der Waals surface area contributed by atoms with Crippen LogP contribution in [0.1, 0.15) is 348 Å². The number of likely N-dealkylation sites (N-methyl/N-ethyl adjacent to an activating group) is 1. The molecule has 0 aliphatic heterocycles. The van der Waals surface area contributed by atoms with Gasteiger partial charge in [-0.25, -0.2) is 4.57 Å². The molecule has 3 N–H and O–H groups in total. The van der Waals surface area contributed by atoms with Crippen molar-refractivity contribution in [2.24, 2.45) is 0 Å². The highest BCUT2D eigenvalue weighted by Gasteiger charge is 2.28. The number of hydrogen-bond acceptors (Lipinski definition) is 5. The molecule has 0 aliphatic carbocycles. The Balaban J connectivity index is 4.07. The van der Waals surface area contributed by atoms with E-state index in [1.165, 1.54) is 199 Å². The Morgan fingerprint density at radius 3 is 0.936 bits per heavy atom. The summed E-state index contributed by atoms with van der Waals surface area (Å²) in [4.78, 5) is 23.5. The summed E-state index contributed by atoms with van der Waals surface area (Å²) in [6, 6.07) is -0.779. The second-order valence-electron chi connectivity index (χ2n) is 27.7. The summed E-state index contributed by atoms with van der Waals surface area (Å²) in [5.41, 5.74) is 0. The quantitative estimate of drug-likeness (QED) is 0.0243. The lowest BCUT2D eigenvalue weighted by atomic mass is 10.0. The molecular formula is C85H152N2O6P+. The fraction of sp³-hybridized carbons (Fsp3) is 0.729. The maximum atomic E-state index is 13.1. The molecule has 542 valence electrons. The van der Waals surface area contributed by atoms with Gasteiger partial charge in [0.15, 0.2) is 0 Å². The molecule has 0 saturated heterocycles. The molecule has 3 atom stereocenters. The van der Waals surface area contributed by atoms with Crippen LogP contribution in [0.2, 0.25) is 0 Å². The zero-order chi connectivity index (χ0) is 68.3. The van der Waals surface area contributed by atoms with Crippen molar-refractivity contribution >= 4 is 13.7 Å². The molecule has 9 heteroatoms. The fourth-order valence-corrected chi connectivity index (χ4v) is 12.1. The maximum absolute atomic E-state index is 13.1. The highest BCUT2D eigenvalue weighted by atomic mass is 31.2. The number of carbonyl (C=O) groups is 1. The standard InChI is InChI=1S/C85H151N2O6P/c1-6-8-10-12-14-16-18-20-22-24-26-28-30-32-34-36-38-39-40-41-42-43-44-45-46-47-49-51-53-55-57-59-61-63-65-67-69-71-73-75-77-79-85(89)86-83(82-93-94(90,91)92-81-80-87(3,4)5)84(88)78-76-74-72-70-68-66-64-62-60-58-56-54-52-50-48-37-35-33-31-29-27-25-23-21-19-17-15-13-11-9-7-2/h8,10,14,16,20,22,26,28,32,34,38-39,41-42,44-45,47,49,53,55,59,61,83-84,88H,6-7,9,11-13,15,17-19,21,23-25,27,29-31,33,35-37,40,43,46,48,50-52,54,56-58,60,62-82H2,1-5H3,(H-,86,89,90,91)/p+1/b10-8-,16-14-,22-20-,28-26-,34-32-,39-38-,42-41-,45-44-,49-47-,55-53-,61-59-. The number of phosphoric acid groups is 1. The molecule has 0 fully saturated rings. The van der Waals surface area contributed by atoms with Crippen molar-refractivity contribution in [3.8, 4) is 0 Å². The van der Waals surface area contributed by atoms with Gasteiger partial charge in [-0.2, -0.15) is 0 Å². The Bertz CT molecular complexity index is 2000. The van der Waals surface area contributed by atoms with E-state index in [1.54, 1.807) is 0 Å². The van der Waals surface area contributed by atoms with E-state index in [4.69, 9.17) is 9.05 Å². The smallest absolute Gasteiger partial charge is 0.391 e. The van der Waals surface area contributed by atoms with Gasteiger partial charge in [0.05, 0.1) is 39.9 Å². The number of quaternary nitrogens is 1. The lowest BCUT2D eigenvalue weighted by Gasteiger charge is -2.26. The first-order valence-electron chi connectivity index (χ1n) is 39.5. The largest absolute Gasteiger partial charge is 0.472 e. The summed E-state index contributed by atoms with van der Waals surface area (Å²) >= 11 is 0. The second kappa shape index (κ2) is 73.9. The first kappa shape index (κ1) is 90.6.